The van der Waals surface area contributed by atoms with Gasteiger partial charge in [-0.15, -0.1) is 0 Å². The molecule has 0 aliphatic carbocycles. The third-order valence-corrected chi connectivity index (χ3v) is 5.82. The van der Waals surface area contributed by atoms with Crippen LogP contribution in [0.2, 0.25) is 0 Å². The van der Waals surface area contributed by atoms with E-state index in [1.165, 1.54) is 18.2 Å². The van der Waals surface area contributed by atoms with Crippen LogP contribution in [0.25, 0.3) is 11.3 Å². The van der Waals surface area contributed by atoms with E-state index >= 15 is 0 Å². The molecule has 1 aliphatic rings. The first kappa shape index (κ1) is 21.3. The Bertz CT molecular complexity index is 1380. The molecule has 0 unspecified atom stereocenters. The number of nitrogens with one attached hydrogen (secondary N) is 1. The lowest BCUT2D eigenvalue weighted by atomic mass is 10.1. The summed E-state index contributed by atoms with van der Waals surface area (Å²) in [5, 5.41) is 7.78. The van der Waals surface area contributed by atoms with Gasteiger partial charge in [0, 0.05) is 5.56 Å². The number of nitrogens with zero attached hydrogens (tertiary/aromatic N) is 4. The maximum atomic E-state index is 14.6. The summed E-state index contributed by atoms with van der Waals surface area (Å²) in [6, 6.07) is 13.3. The van der Waals surface area contributed by atoms with E-state index in [9.17, 15) is 8.78 Å². The predicted octanol–water partition coefficient (Wildman–Crippen LogP) is 5.85. The molecule has 0 saturated heterocycles. The lowest BCUT2D eigenvalue weighted by molar-refractivity contribution is 0.414. The monoisotopic (exact) mass is 509 g/mol. The van der Waals surface area contributed by atoms with Crippen molar-refractivity contribution >= 4 is 33.1 Å². The molecule has 0 bridgehead atoms. The number of anilines is 1. The van der Waals surface area contributed by atoms with Crippen LogP contribution in [0.15, 0.2) is 64.3 Å². The molecule has 2 aromatic carbocycles. The van der Waals surface area contributed by atoms with E-state index in [0.717, 1.165) is 22.6 Å². The first-order valence-electron chi connectivity index (χ1n) is 10.1. The van der Waals surface area contributed by atoms with Crippen molar-refractivity contribution in [2.75, 3.05) is 12.4 Å². The molecule has 3 heterocycles. The van der Waals surface area contributed by atoms with Gasteiger partial charge < -0.3 is 10.1 Å². The Balaban J connectivity index is 1.71. The zero-order chi connectivity index (χ0) is 23.1. The van der Waals surface area contributed by atoms with Crippen molar-refractivity contribution < 1.29 is 13.5 Å². The molecule has 0 fully saturated rings. The molecule has 5 rings (SSSR count). The van der Waals surface area contributed by atoms with Crippen molar-refractivity contribution in [2.24, 2.45) is 4.99 Å². The van der Waals surface area contributed by atoms with E-state index in [4.69, 9.17) is 9.84 Å². The Labute approximate surface area is 197 Å². The summed E-state index contributed by atoms with van der Waals surface area (Å²) in [6.07, 6.45) is 1.60. The molecule has 4 aromatic rings. The number of pyridine rings is 1. The Hall–Kier alpha value is -3.59. The van der Waals surface area contributed by atoms with E-state index in [-0.39, 0.29) is 11.4 Å². The summed E-state index contributed by atoms with van der Waals surface area (Å²) in [5.74, 6) is -0.596. The number of benzene rings is 2. The molecule has 1 N–H and O–H groups in total. The van der Waals surface area contributed by atoms with E-state index in [1.807, 2.05) is 41.9 Å². The lowest BCUT2D eigenvalue weighted by Crippen LogP contribution is -2.17. The second kappa shape index (κ2) is 8.40. The minimum Gasteiger partial charge on any atom is -0.497 e. The molecular weight excluding hydrogens is 492 g/mol. The molecule has 0 spiro atoms. The summed E-state index contributed by atoms with van der Waals surface area (Å²) in [4.78, 5) is 8.93. The summed E-state index contributed by atoms with van der Waals surface area (Å²) in [6.45, 7) is 2.29. The topological polar surface area (TPSA) is 64.3 Å². The molecule has 9 heteroatoms. The van der Waals surface area contributed by atoms with Gasteiger partial charge in [0.05, 0.1) is 42.5 Å². The quantitative estimate of drug-likeness (QED) is 0.350. The van der Waals surface area contributed by atoms with Gasteiger partial charge in [0.15, 0.2) is 0 Å². The molecule has 0 saturated carbocycles. The van der Waals surface area contributed by atoms with Crippen LogP contribution in [0, 0.1) is 18.6 Å². The van der Waals surface area contributed by atoms with Gasteiger partial charge in [0.25, 0.3) is 0 Å². The van der Waals surface area contributed by atoms with Gasteiger partial charge >= 0.3 is 0 Å². The molecule has 1 aliphatic heterocycles. The van der Waals surface area contributed by atoms with Crippen LogP contribution >= 0.6 is 15.9 Å². The van der Waals surface area contributed by atoms with Gasteiger partial charge in [-0.3, -0.25) is 4.68 Å². The standard InChI is InChI=1S/C24H18BrF2N5O/c1-13-22-23(32(31-13)12-14-6-8-15(33-2)9-7-14)16-10-20(25)28-11-19(16)29-24(30-22)21-17(26)4-3-5-18(21)27/h3-11H,12H2,1-2H3,(H,29,30). The van der Waals surface area contributed by atoms with Crippen LogP contribution in [0.4, 0.5) is 20.2 Å². The number of methoxy groups -OCH3 is 1. The second-order valence-electron chi connectivity index (χ2n) is 7.52. The van der Waals surface area contributed by atoms with Crippen molar-refractivity contribution in [3.05, 3.63) is 87.8 Å². The number of hydrogen-bond donors (Lipinski definition) is 1. The van der Waals surface area contributed by atoms with E-state index in [1.54, 1.807) is 13.3 Å². The number of aryl methyl sites for hydroxylation is 1. The van der Waals surface area contributed by atoms with Gasteiger partial charge in [-0.25, -0.2) is 18.8 Å². The van der Waals surface area contributed by atoms with Crippen molar-refractivity contribution in [1.82, 2.24) is 14.8 Å². The predicted molar refractivity (Wildman–Crippen MR) is 126 cm³/mol. The van der Waals surface area contributed by atoms with Crippen molar-refractivity contribution in [1.29, 1.82) is 0 Å². The molecule has 6 nitrogen and oxygen atoms in total. The third-order valence-electron chi connectivity index (χ3n) is 5.39. The van der Waals surface area contributed by atoms with Crippen molar-refractivity contribution in [3.63, 3.8) is 0 Å². The number of hydrogen-bond acceptors (Lipinski definition) is 5. The summed E-state index contributed by atoms with van der Waals surface area (Å²) < 4.78 is 36.9. The maximum absolute atomic E-state index is 14.6. The Morgan fingerprint density at radius 3 is 2.52 bits per heavy atom. The number of halogens is 3. The minimum atomic E-state index is -0.709. The molecule has 33 heavy (non-hydrogen) atoms. The largest absolute Gasteiger partial charge is 0.497 e. The molecule has 0 radical (unpaired) electrons. The van der Waals surface area contributed by atoms with E-state index < -0.39 is 11.6 Å². The Morgan fingerprint density at radius 1 is 1.09 bits per heavy atom. The maximum Gasteiger partial charge on any atom is 0.144 e. The second-order valence-corrected chi connectivity index (χ2v) is 8.34. The lowest BCUT2D eigenvalue weighted by Gasteiger charge is -2.13. The summed E-state index contributed by atoms with van der Waals surface area (Å²) >= 11 is 3.43. The summed E-state index contributed by atoms with van der Waals surface area (Å²) in [5.41, 5.74) is 3.99. The van der Waals surface area contributed by atoms with Gasteiger partial charge in [0.2, 0.25) is 0 Å². The fourth-order valence-corrected chi connectivity index (χ4v) is 4.16. The SMILES string of the molecule is COc1ccc(Cn2nc(C)c3c2-c2cc(Br)ncc2NC(c2c(F)cccc2F)=N3)cc1. The normalized spacial score (nSPS) is 12.3. The fraction of sp³-hybridized carbons (Fsp3) is 0.125. The average molecular weight is 510 g/mol. The van der Waals surface area contributed by atoms with E-state index in [2.05, 4.69) is 31.2 Å². The zero-order valence-electron chi connectivity index (χ0n) is 17.7. The van der Waals surface area contributed by atoms with Crippen LogP contribution in [-0.4, -0.2) is 27.7 Å². The number of ether oxygens (including phenoxy) is 1. The highest BCUT2D eigenvalue weighted by Crippen LogP contribution is 2.41. The highest BCUT2D eigenvalue weighted by molar-refractivity contribution is 9.10. The third kappa shape index (κ3) is 3.89. The number of rotatable bonds is 4. The van der Waals surface area contributed by atoms with E-state index in [0.29, 0.717) is 28.2 Å². The van der Waals surface area contributed by atoms with Crippen LogP contribution < -0.4 is 10.1 Å². The summed E-state index contributed by atoms with van der Waals surface area (Å²) in [7, 11) is 1.62. The van der Waals surface area contributed by atoms with Gasteiger partial charge in [0.1, 0.15) is 33.5 Å². The molecule has 0 amide bonds. The first-order chi connectivity index (χ1) is 15.9. The number of amidine groups is 1. The van der Waals surface area contributed by atoms with Gasteiger partial charge in [-0.05, 0) is 58.7 Å². The van der Waals surface area contributed by atoms with Crippen molar-refractivity contribution in [3.8, 4) is 17.0 Å². The number of aromatic nitrogens is 3. The molecule has 2 aromatic heterocycles. The Morgan fingerprint density at radius 2 is 1.82 bits per heavy atom. The van der Waals surface area contributed by atoms with Crippen molar-refractivity contribution in [2.45, 2.75) is 13.5 Å². The highest BCUT2D eigenvalue weighted by Gasteiger charge is 2.27. The highest BCUT2D eigenvalue weighted by atomic mass is 79.9. The average Bonchev–Trinajstić information content (AvgIpc) is 2.99. The molecular formula is C24H18BrF2N5O. The Kier molecular flexibility index (Phi) is 5.41. The van der Waals surface area contributed by atoms with Crippen LogP contribution in [0.5, 0.6) is 5.75 Å². The van der Waals surface area contributed by atoms with Gasteiger partial charge in [-0.2, -0.15) is 5.10 Å². The smallest absolute Gasteiger partial charge is 0.144 e. The van der Waals surface area contributed by atoms with Crippen LogP contribution in [0.3, 0.4) is 0 Å². The molecule has 0 atom stereocenters. The van der Waals surface area contributed by atoms with Crippen LogP contribution in [0.1, 0.15) is 16.8 Å². The van der Waals surface area contributed by atoms with Crippen LogP contribution in [-0.2, 0) is 6.54 Å². The first-order valence-corrected chi connectivity index (χ1v) is 10.9. The fourth-order valence-electron chi connectivity index (χ4n) is 3.83. The number of fused-ring (bicyclic) bond motifs is 3. The van der Waals surface area contributed by atoms with Gasteiger partial charge in [-0.1, -0.05) is 18.2 Å². The molecule has 166 valence electrons. The zero-order valence-corrected chi connectivity index (χ0v) is 19.3. The number of aliphatic imine (C=N–C) groups is 1. The minimum absolute atomic E-state index is 0.0572.